The number of hydrogen-bond acceptors (Lipinski definition) is 6. The molecule has 2 atom stereocenters. The zero-order chi connectivity index (χ0) is 22.0. The summed E-state index contributed by atoms with van der Waals surface area (Å²) in [5.74, 6) is -2.08. The van der Waals surface area contributed by atoms with Gasteiger partial charge in [-0.25, -0.2) is 4.79 Å². The topological polar surface area (TPSA) is 78.9 Å². The van der Waals surface area contributed by atoms with E-state index < -0.39 is 38.0 Å². The monoisotopic (exact) mass is 656 g/mol. The third kappa shape index (κ3) is 6.46. The van der Waals surface area contributed by atoms with E-state index in [2.05, 4.69) is 47.8 Å². The second kappa shape index (κ2) is 9.61. The Balaban J connectivity index is 2.23. The predicted octanol–water partition coefficient (Wildman–Crippen LogP) is 5.37. The van der Waals surface area contributed by atoms with Crippen molar-refractivity contribution in [1.82, 2.24) is 0 Å². The van der Waals surface area contributed by atoms with Gasteiger partial charge in [0.15, 0.2) is 8.12 Å². The molecule has 1 aliphatic heterocycles. The van der Waals surface area contributed by atoms with Crippen molar-refractivity contribution in [2.75, 3.05) is 20.3 Å². The molecule has 12 heteroatoms. The Morgan fingerprint density at radius 1 is 1.21 bits per heavy atom. The number of esters is 3. The Hall–Kier alpha value is -0.0600. The van der Waals surface area contributed by atoms with Crippen LogP contribution in [0.1, 0.15) is 23.2 Å². The van der Waals surface area contributed by atoms with Crippen molar-refractivity contribution < 1.29 is 28.6 Å². The maximum Gasteiger partial charge on any atom is 0.338 e. The molecule has 0 radical (unpaired) electrons. The molecule has 1 aromatic carbocycles. The molecule has 0 spiro atoms. The summed E-state index contributed by atoms with van der Waals surface area (Å²) in [5.41, 5.74) is -1.17. The smallest absolute Gasteiger partial charge is 0.338 e. The van der Waals surface area contributed by atoms with Gasteiger partial charge in [-0.3, -0.25) is 9.59 Å². The van der Waals surface area contributed by atoms with Gasteiger partial charge in [0, 0.05) is 15.4 Å². The molecule has 0 N–H and O–H groups in total. The minimum absolute atomic E-state index is 0.158. The van der Waals surface area contributed by atoms with Crippen molar-refractivity contribution in [2.45, 2.75) is 21.0 Å². The second-order valence-electron chi connectivity index (χ2n) is 6.52. The number of carbonyl (C=O) groups is 3. The summed E-state index contributed by atoms with van der Waals surface area (Å²) in [5, 5.41) is 0. The highest BCUT2D eigenvalue weighted by molar-refractivity contribution is 9.11. The van der Waals surface area contributed by atoms with Crippen molar-refractivity contribution in [1.29, 1.82) is 0 Å². The molecule has 0 amide bonds. The van der Waals surface area contributed by atoms with E-state index >= 15 is 0 Å². The van der Waals surface area contributed by atoms with E-state index in [-0.39, 0.29) is 25.0 Å². The molecule has 29 heavy (non-hydrogen) atoms. The highest BCUT2D eigenvalue weighted by Gasteiger charge is 2.58. The first kappa shape index (κ1) is 25.2. The van der Waals surface area contributed by atoms with Gasteiger partial charge in [0.25, 0.3) is 0 Å². The number of halogens is 6. The highest BCUT2D eigenvalue weighted by Crippen LogP contribution is 2.49. The van der Waals surface area contributed by atoms with Crippen LogP contribution in [0.5, 0.6) is 0 Å². The number of carbonyl (C=O) groups excluding carboxylic acids is 3. The van der Waals surface area contributed by atoms with Crippen LogP contribution in [0.25, 0.3) is 0 Å². The normalized spacial score (nSPS) is 24.6. The SMILES string of the molecule is COC(=O)[C@@]1(CC(Cl)(Cl)Cl)COC(=O)[C@](Br)(COC(=O)c2cc(Br)cc(Br)c2)C1. The number of cyclic esters (lactones) is 1. The minimum Gasteiger partial charge on any atom is -0.468 e. The first-order valence-corrected chi connectivity index (χ1v) is 11.5. The van der Waals surface area contributed by atoms with Crippen LogP contribution in [0.2, 0.25) is 0 Å². The third-order valence-corrected chi connectivity index (χ3v) is 6.30. The van der Waals surface area contributed by atoms with Crippen molar-refractivity contribution in [3.05, 3.63) is 32.7 Å². The molecule has 2 rings (SSSR count). The summed E-state index contributed by atoms with van der Waals surface area (Å²) in [6.07, 6.45) is -0.417. The zero-order valence-corrected chi connectivity index (χ0v) is 21.8. The molecule has 1 saturated heterocycles. The lowest BCUT2D eigenvalue weighted by atomic mass is 9.75. The van der Waals surface area contributed by atoms with E-state index in [1.54, 1.807) is 18.2 Å². The van der Waals surface area contributed by atoms with Crippen LogP contribution >= 0.6 is 82.6 Å². The zero-order valence-electron chi connectivity index (χ0n) is 14.8. The third-order valence-electron chi connectivity index (χ3n) is 4.15. The van der Waals surface area contributed by atoms with Crippen LogP contribution < -0.4 is 0 Å². The summed E-state index contributed by atoms with van der Waals surface area (Å²) in [4.78, 5) is 37.3. The molecule has 0 unspecified atom stereocenters. The summed E-state index contributed by atoms with van der Waals surface area (Å²) in [6.45, 7) is -0.736. The van der Waals surface area contributed by atoms with Gasteiger partial charge in [-0.05, 0) is 24.6 Å². The molecule has 1 fully saturated rings. The number of rotatable bonds is 5. The summed E-state index contributed by atoms with van der Waals surface area (Å²) < 4.78 is 13.3. The van der Waals surface area contributed by atoms with Gasteiger partial charge in [-0.1, -0.05) is 82.6 Å². The molecule has 1 aliphatic rings. The number of alkyl halides is 4. The van der Waals surface area contributed by atoms with Crippen LogP contribution in [0.3, 0.4) is 0 Å². The van der Waals surface area contributed by atoms with E-state index in [1.165, 1.54) is 7.11 Å². The van der Waals surface area contributed by atoms with Gasteiger partial charge >= 0.3 is 17.9 Å². The van der Waals surface area contributed by atoms with Crippen LogP contribution in [0.15, 0.2) is 27.1 Å². The lowest BCUT2D eigenvalue weighted by Gasteiger charge is -2.42. The van der Waals surface area contributed by atoms with Crippen molar-refractivity contribution in [2.24, 2.45) is 5.41 Å². The average molecular weight is 660 g/mol. The van der Waals surface area contributed by atoms with Crippen LogP contribution in [0.4, 0.5) is 0 Å². The standard InChI is InChI=1S/C17H14Br3Cl3O6/c1-27-13(25)15(6-17(21,22)23)5-16(20,14(26)29-7-15)8-28-12(24)9-2-10(18)4-11(19)3-9/h2-4H,5-8H2,1H3/t15-,16+/m0/s1. The highest BCUT2D eigenvalue weighted by atomic mass is 79.9. The van der Waals surface area contributed by atoms with Crippen molar-refractivity contribution >= 4 is 101 Å². The molecule has 160 valence electrons. The van der Waals surface area contributed by atoms with Gasteiger partial charge in [-0.2, -0.15) is 0 Å². The average Bonchev–Trinajstić information content (AvgIpc) is 2.60. The van der Waals surface area contributed by atoms with Crippen LogP contribution in [0, 0.1) is 5.41 Å². The van der Waals surface area contributed by atoms with Crippen molar-refractivity contribution in [3.8, 4) is 0 Å². The number of hydrogen-bond donors (Lipinski definition) is 0. The quantitative estimate of drug-likeness (QED) is 0.240. The molecule has 1 aromatic rings. The molecule has 1 heterocycles. The largest absolute Gasteiger partial charge is 0.468 e. The second-order valence-corrected chi connectivity index (χ2v) is 12.4. The first-order valence-electron chi connectivity index (χ1n) is 7.95. The molecule has 0 bridgehead atoms. The van der Waals surface area contributed by atoms with E-state index in [4.69, 9.17) is 49.0 Å². The Kier molecular flexibility index (Phi) is 8.35. The Labute approximate surface area is 207 Å². The fourth-order valence-corrected chi connectivity index (χ4v) is 5.78. The van der Waals surface area contributed by atoms with Crippen molar-refractivity contribution in [3.63, 3.8) is 0 Å². The van der Waals surface area contributed by atoms with Crippen LogP contribution in [-0.2, 0) is 23.8 Å². The number of ether oxygens (including phenoxy) is 3. The molecule has 6 nitrogen and oxygen atoms in total. The Morgan fingerprint density at radius 2 is 1.79 bits per heavy atom. The number of benzene rings is 1. The van der Waals surface area contributed by atoms with Gasteiger partial charge in [0.05, 0.1) is 12.7 Å². The van der Waals surface area contributed by atoms with E-state index in [0.29, 0.717) is 8.95 Å². The molecule has 0 saturated carbocycles. The summed E-state index contributed by atoms with van der Waals surface area (Å²) >= 11 is 27.5. The Morgan fingerprint density at radius 3 is 2.31 bits per heavy atom. The Bertz CT molecular complexity index is 811. The van der Waals surface area contributed by atoms with Crippen LogP contribution in [-0.4, -0.2) is 46.3 Å². The maximum absolute atomic E-state index is 12.5. The molecular formula is C17H14Br3Cl3O6. The van der Waals surface area contributed by atoms with Gasteiger partial charge in [0.2, 0.25) is 0 Å². The maximum atomic E-state index is 12.5. The van der Waals surface area contributed by atoms with Gasteiger partial charge in [0.1, 0.15) is 18.6 Å². The molecular weight excluding hydrogens is 646 g/mol. The lowest BCUT2D eigenvalue weighted by Crippen LogP contribution is -2.55. The van der Waals surface area contributed by atoms with E-state index in [9.17, 15) is 14.4 Å². The fraction of sp³-hybridized carbons (Fsp3) is 0.471. The molecule has 0 aliphatic carbocycles. The lowest BCUT2D eigenvalue weighted by molar-refractivity contribution is -0.174. The predicted molar refractivity (Wildman–Crippen MR) is 119 cm³/mol. The minimum atomic E-state index is -1.80. The van der Waals surface area contributed by atoms with E-state index in [0.717, 1.165) is 0 Å². The summed E-state index contributed by atoms with van der Waals surface area (Å²) in [6, 6.07) is 4.88. The number of methoxy groups -OCH3 is 1. The fourth-order valence-electron chi connectivity index (χ4n) is 2.95. The first-order chi connectivity index (χ1) is 13.3. The van der Waals surface area contributed by atoms with Gasteiger partial charge < -0.3 is 14.2 Å². The molecule has 0 aromatic heterocycles. The summed E-state index contributed by atoms with van der Waals surface area (Å²) in [7, 11) is 1.18. The van der Waals surface area contributed by atoms with Gasteiger partial charge in [-0.15, -0.1) is 0 Å². The van der Waals surface area contributed by atoms with E-state index in [1.807, 2.05) is 0 Å².